The predicted octanol–water partition coefficient (Wildman–Crippen LogP) is 3.38. The zero-order valence-corrected chi connectivity index (χ0v) is 16.5. The first kappa shape index (κ1) is 18.5. The van der Waals surface area contributed by atoms with Crippen LogP contribution in [-0.4, -0.2) is 30.6 Å². The van der Waals surface area contributed by atoms with Gasteiger partial charge in [-0.15, -0.1) is 0 Å². The second-order valence-electron chi connectivity index (χ2n) is 7.82. The molecule has 1 fully saturated rings. The lowest BCUT2D eigenvalue weighted by molar-refractivity contribution is 0.0947. The van der Waals surface area contributed by atoms with Gasteiger partial charge in [0, 0.05) is 38.0 Å². The van der Waals surface area contributed by atoms with Crippen molar-refractivity contribution < 1.29 is 9.18 Å². The number of rotatable bonds is 6. The summed E-state index contributed by atoms with van der Waals surface area (Å²) < 4.78 is 15.8. The molecule has 3 heterocycles. The number of halogens is 1. The van der Waals surface area contributed by atoms with Crippen molar-refractivity contribution in [3.63, 3.8) is 0 Å². The van der Waals surface area contributed by atoms with Gasteiger partial charge in [0.25, 0.3) is 5.91 Å². The third-order valence-corrected chi connectivity index (χ3v) is 5.29. The maximum absolute atomic E-state index is 14.1. The summed E-state index contributed by atoms with van der Waals surface area (Å²) in [5, 5.41) is 6.96. The fraction of sp³-hybridized carbons (Fsp3) is 0.273. The van der Waals surface area contributed by atoms with Crippen LogP contribution in [0.4, 0.5) is 4.39 Å². The average Bonchev–Trinajstić information content (AvgIpc) is 3.26. The van der Waals surface area contributed by atoms with Gasteiger partial charge in [0.2, 0.25) is 0 Å². The van der Waals surface area contributed by atoms with Crippen LogP contribution in [0.2, 0.25) is 0 Å². The molecule has 30 heavy (non-hydrogen) atoms. The molecular weight excluding hydrogens is 383 g/mol. The van der Waals surface area contributed by atoms with Gasteiger partial charge in [-0.25, -0.2) is 14.4 Å². The Morgan fingerprint density at radius 2 is 2.17 bits per heavy atom. The molecule has 8 heteroatoms. The summed E-state index contributed by atoms with van der Waals surface area (Å²) in [4.78, 5) is 24.9. The predicted molar refractivity (Wildman–Crippen MR) is 110 cm³/mol. The van der Waals surface area contributed by atoms with Crippen LogP contribution in [0.5, 0.6) is 0 Å². The van der Waals surface area contributed by atoms with E-state index in [1.165, 1.54) is 25.0 Å². The van der Waals surface area contributed by atoms with Crippen LogP contribution in [0.25, 0.3) is 22.2 Å². The highest BCUT2D eigenvalue weighted by molar-refractivity contribution is 6.02. The fourth-order valence-corrected chi connectivity index (χ4v) is 3.60. The minimum absolute atomic E-state index is 0.182. The monoisotopic (exact) mass is 404 g/mol. The molecule has 1 saturated carbocycles. The molecule has 1 amide bonds. The van der Waals surface area contributed by atoms with E-state index in [9.17, 15) is 9.18 Å². The molecule has 0 bridgehead atoms. The van der Waals surface area contributed by atoms with Gasteiger partial charge in [-0.1, -0.05) is 0 Å². The lowest BCUT2D eigenvalue weighted by Crippen LogP contribution is -2.24. The van der Waals surface area contributed by atoms with Crippen LogP contribution in [0, 0.1) is 11.7 Å². The molecule has 0 radical (unpaired) electrons. The van der Waals surface area contributed by atoms with Crippen LogP contribution < -0.4 is 5.32 Å². The molecule has 5 rings (SSSR count). The second-order valence-corrected chi connectivity index (χ2v) is 7.82. The summed E-state index contributed by atoms with van der Waals surface area (Å²) in [7, 11) is 1.81. The molecule has 4 aromatic rings. The smallest absolute Gasteiger partial charge is 0.272 e. The highest BCUT2D eigenvalue weighted by Crippen LogP contribution is 2.32. The Morgan fingerprint density at radius 3 is 2.93 bits per heavy atom. The van der Waals surface area contributed by atoms with E-state index in [-0.39, 0.29) is 24.0 Å². The number of pyridine rings is 1. The number of nitrogens with one attached hydrogen (secondary N) is 2. The number of benzene rings is 1. The first-order valence-electron chi connectivity index (χ1n) is 9.95. The Kier molecular flexibility index (Phi) is 4.54. The number of H-pyrrole nitrogens is 1. The van der Waals surface area contributed by atoms with Crippen molar-refractivity contribution in [3.8, 4) is 11.1 Å². The maximum Gasteiger partial charge on any atom is 0.272 e. The van der Waals surface area contributed by atoms with E-state index >= 15 is 0 Å². The number of carbonyl (C=O) groups excluding carboxylic acids is 1. The summed E-state index contributed by atoms with van der Waals surface area (Å²) in [6.45, 7) is 0.182. The van der Waals surface area contributed by atoms with E-state index in [4.69, 9.17) is 0 Å². The Morgan fingerprint density at radius 1 is 1.30 bits per heavy atom. The molecular formula is C22H21FN6O. The molecule has 1 aliphatic carbocycles. The van der Waals surface area contributed by atoms with Crippen molar-refractivity contribution in [2.45, 2.75) is 25.8 Å². The molecule has 1 aromatic carbocycles. The molecule has 3 aromatic heterocycles. The van der Waals surface area contributed by atoms with Crippen molar-refractivity contribution >= 4 is 16.9 Å². The Bertz CT molecular complexity index is 1240. The minimum Gasteiger partial charge on any atom is -0.347 e. The Hall–Kier alpha value is -3.55. The number of aromatic amines is 1. The van der Waals surface area contributed by atoms with Crippen molar-refractivity contribution in [3.05, 3.63) is 65.8 Å². The van der Waals surface area contributed by atoms with Gasteiger partial charge in [0.05, 0.1) is 11.7 Å². The molecule has 0 saturated heterocycles. The summed E-state index contributed by atoms with van der Waals surface area (Å²) in [6.07, 6.45) is 8.46. The summed E-state index contributed by atoms with van der Waals surface area (Å²) in [5.74, 6) is 0.883. The van der Waals surface area contributed by atoms with Crippen molar-refractivity contribution in [1.29, 1.82) is 0 Å². The van der Waals surface area contributed by atoms with Crippen LogP contribution in [0.1, 0.15) is 34.7 Å². The maximum atomic E-state index is 14.1. The number of carbonyl (C=O) groups is 1. The number of aromatic nitrogens is 5. The molecule has 0 aliphatic heterocycles. The van der Waals surface area contributed by atoms with Gasteiger partial charge >= 0.3 is 0 Å². The molecule has 1 aliphatic rings. The van der Waals surface area contributed by atoms with E-state index in [1.54, 1.807) is 17.1 Å². The molecule has 0 spiro atoms. The highest BCUT2D eigenvalue weighted by Gasteiger charge is 2.24. The van der Waals surface area contributed by atoms with Gasteiger partial charge in [-0.2, -0.15) is 5.10 Å². The second kappa shape index (κ2) is 7.37. The van der Waals surface area contributed by atoms with Crippen molar-refractivity contribution in [2.75, 3.05) is 0 Å². The van der Waals surface area contributed by atoms with Gasteiger partial charge in [-0.05, 0) is 54.2 Å². The zero-order chi connectivity index (χ0) is 20.7. The molecule has 0 atom stereocenters. The topological polar surface area (TPSA) is 88.5 Å². The van der Waals surface area contributed by atoms with Crippen molar-refractivity contribution in [1.82, 2.24) is 30.0 Å². The van der Waals surface area contributed by atoms with Crippen LogP contribution in [0.15, 0.2) is 42.9 Å². The van der Waals surface area contributed by atoms with E-state index in [0.29, 0.717) is 22.6 Å². The number of nitrogens with zero attached hydrogens (tertiary/aromatic N) is 4. The first-order chi connectivity index (χ1) is 14.5. The Labute approximate surface area is 172 Å². The van der Waals surface area contributed by atoms with E-state index in [1.807, 2.05) is 25.4 Å². The number of fused-ring (bicyclic) bond motifs is 1. The lowest BCUT2D eigenvalue weighted by atomic mass is 10.1. The van der Waals surface area contributed by atoms with E-state index in [2.05, 4.69) is 25.4 Å². The largest absolute Gasteiger partial charge is 0.347 e. The number of hydrogen-bond acceptors (Lipinski definition) is 4. The zero-order valence-electron chi connectivity index (χ0n) is 16.5. The van der Waals surface area contributed by atoms with E-state index < -0.39 is 0 Å². The van der Waals surface area contributed by atoms with Gasteiger partial charge in [-0.3, -0.25) is 9.48 Å². The number of amides is 1. The molecule has 2 N–H and O–H groups in total. The standard InChI is InChI=1S/C22H21FN6O/c1-29-12-16(11-26-29)15-6-14(7-17(23)9-15)10-25-22(30)21-20-18(4-5-24-21)27-19(28-20)8-13-2-3-13/h4-7,9,11-13H,2-3,8,10H2,1H3,(H,25,30)(H,27,28). The van der Waals surface area contributed by atoms with Crippen LogP contribution >= 0.6 is 0 Å². The molecule has 7 nitrogen and oxygen atoms in total. The first-order valence-corrected chi connectivity index (χ1v) is 9.95. The average molecular weight is 404 g/mol. The quantitative estimate of drug-likeness (QED) is 0.516. The SMILES string of the molecule is Cn1cc(-c2cc(F)cc(CNC(=O)c3nccc4[nH]c(CC5CC5)nc34)c2)cn1. The summed E-state index contributed by atoms with van der Waals surface area (Å²) >= 11 is 0. The molecule has 152 valence electrons. The Balaban J connectivity index is 1.35. The fourth-order valence-electron chi connectivity index (χ4n) is 3.60. The third-order valence-electron chi connectivity index (χ3n) is 5.29. The molecule has 0 unspecified atom stereocenters. The van der Waals surface area contributed by atoms with E-state index in [0.717, 1.165) is 23.3 Å². The minimum atomic E-state index is -0.363. The number of imidazole rings is 1. The van der Waals surface area contributed by atoms with Gasteiger partial charge < -0.3 is 10.3 Å². The van der Waals surface area contributed by atoms with Crippen molar-refractivity contribution in [2.24, 2.45) is 13.0 Å². The lowest BCUT2D eigenvalue weighted by Gasteiger charge is -2.07. The van der Waals surface area contributed by atoms with Gasteiger partial charge in [0.15, 0.2) is 5.69 Å². The summed E-state index contributed by atoms with van der Waals surface area (Å²) in [6, 6.07) is 6.53. The van der Waals surface area contributed by atoms with Crippen LogP contribution in [-0.2, 0) is 20.0 Å². The number of hydrogen-bond donors (Lipinski definition) is 2. The third kappa shape index (κ3) is 3.80. The highest BCUT2D eigenvalue weighted by atomic mass is 19.1. The van der Waals surface area contributed by atoms with Gasteiger partial charge in [0.1, 0.15) is 17.2 Å². The van der Waals surface area contributed by atoms with Crippen LogP contribution in [0.3, 0.4) is 0 Å². The normalized spacial score (nSPS) is 13.7. The number of aryl methyl sites for hydroxylation is 1. The summed E-state index contributed by atoms with van der Waals surface area (Å²) in [5.41, 5.74) is 3.83.